The Morgan fingerprint density at radius 2 is 2.04 bits per heavy atom. The van der Waals surface area contributed by atoms with Gasteiger partial charge < -0.3 is 5.32 Å². The quantitative estimate of drug-likeness (QED) is 0.749. The summed E-state index contributed by atoms with van der Waals surface area (Å²) in [5.41, 5.74) is 8.16. The molecule has 1 aliphatic heterocycles. The summed E-state index contributed by atoms with van der Waals surface area (Å²) in [6, 6.07) is 13.8. The minimum absolute atomic E-state index is 0.0331. The lowest BCUT2D eigenvalue weighted by Gasteiger charge is -2.21. The van der Waals surface area contributed by atoms with Crippen LogP contribution in [0.1, 0.15) is 30.1 Å². The van der Waals surface area contributed by atoms with E-state index in [9.17, 15) is 9.18 Å². The minimum atomic E-state index is -0.281. The predicted octanol–water partition coefficient (Wildman–Crippen LogP) is 3.23. The van der Waals surface area contributed by atoms with Crippen molar-refractivity contribution in [2.24, 2.45) is 5.92 Å². The lowest BCUT2D eigenvalue weighted by molar-refractivity contribution is -0.125. The first-order valence-electron chi connectivity index (χ1n) is 7.84. The number of carbonyl (C=O) groups excluding carboxylic acids is 1. The number of rotatable bonds is 4. The molecule has 3 N–H and O–H groups in total. The Morgan fingerprint density at radius 1 is 1.29 bits per heavy atom. The molecule has 3 unspecified atom stereocenters. The molecule has 1 saturated heterocycles. The van der Waals surface area contributed by atoms with E-state index in [0.29, 0.717) is 6.54 Å². The molecule has 6 heteroatoms. The summed E-state index contributed by atoms with van der Waals surface area (Å²) >= 11 is 3.46. The summed E-state index contributed by atoms with van der Waals surface area (Å²) < 4.78 is 14.0. The van der Waals surface area contributed by atoms with E-state index in [2.05, 4.69) is 32.1 Å². The molecule has 2 aromatic rings. The zero-order valence-electron chi connectivity index (χ0n) is 13.2. The van der Waals surface area contributed by atoms with Gasteiger partial charge in [-0.2, -0.15) is 0 Å². The summed E-state index contributed by atoms with van der Waals surface area (Å²) in [6.45, 7) is 2.45. The van der Waals surface area contributed by atoms with E-state index in [4.69, 9.17) is 0 Å². The van der Waals surface area contributed by atoms with Gasteiger partial charge >= 0.3 is 0 Å². The van der Waals surface area contributed by atoms with Crippen molar-refractivity contribution in [2.45, 2.75) is 19.0 Å². The van der Waals surface area contributed by atoms with Gasteiger partial charge in [-0.15, -0.1) is 0 Å². The first-order valence-corrected chi connectivity index (χ1v) is 8.63. The standard InChI is InChI=1S/C18H19BrFN3O/c1-11(12-5-7-15(20)8-6-12)22-18(24)16-10-21-23-17(16)13-3-2-4-14(19)9-13/h2-9,11,16-17,21,23H,10H2,1H3,(H,22,24). The van der Waals surface area contributed by atoms with Crippen molar-refractivity contribution in [2.75, 3.05) is 6.54 Å². The van der Waals surface area contributed by atoms with Gasteiger partial charge in [0, 0.05) is 11.0 Å². The Balaban J connectivity index is 1.70. The van der Waals surface area contributed by atoms with Crippen molar-refractivity contribution in [3.05, 3.63) is 69.9 Å². The third kappa shape index (κ3) is 3.83. The van der Waals surface area contributed by atoms with Crippen molar-refractivity contribution in [3.63, 3.8) is 0 Å². The summed E-state index contributed by atoms with van der Waals surface area (Å²) in [7, 11) is 0. The maximum absolute atomic E-state index is 13.0. The number of amides is 1. The van der Waals surface area contributed by atoms with Crippen LogP contribution in [0.2, 0.25) is 0 Å². The molecule has 3 rings (SSSR count). The third-order valence-corrected chi connectivity index (χ3v) is 4.75. The molecule has 1 heterocycles. The van der Waals surface area contributed by atoms with Crippen molar-refractivity contribution in [1.82, 2.24) is 16.2 Å². The van der Waals surface area contributed by atoms with Crippen LogP contribution >= 0.6 is 15.9 Å². The van der Waals surface area contributed by atoms with Gasteiger partial charge in [0.1, 0.15) is 5.82 Å². The molecule has 24 heavy (non-hydrogen) atoms. The van der Waals surface area contributed by atoms with Crippen LogP contribution in [0.15, 0.2) is 53.0 Å². The van der Waals surface area contributed by atoms with E-state index in [1.807, 2.05) is 31.2 Å². The third-order valence-electron chi connectivity index (χ3n) is 4.26. The van der Waals surface area contributed by atoms with Crippen LogP contribution in [-0.2, 0) is 4.79 Å². The van der Waals surface area contributed by atoms with E-state index in [1.165, 1.54) is 12.1 Å². The molecule has 2 aromatic carbocycles. The van der Waals surface area contributed by atoms with Gasteiger partial charge in [0.25, 0.3) is 0 Å². The Labute approximate surface area is 148 Å². The topological polar surface area (TPSA) is 53.2 Å². The highest BCUT2D eigenvalue weighted by atomic mass is 79.9. The maximum atomic E-state index is 13.0. The van der Waals surface area contributed by atoms with E-state index in [0.717, 1.165) is 15.6 Å². The second-order valence-corrected chi connectivity index (χ2v) is 6.86. The van der Waals surface area contributed by atoms with Crippen molar-refractivity contribution >= 4 is 21.8 Å². The number of hydrazine groups is 1. The van der Waals surface area contributed by atoms with Gasteiger partial charge in [0.15, 0.2) is 0 Å². The zero-order valence-corrected chi connectivity index (χ0v) is 14.8. The Hall–Kier alpha value is -1.76. The van der Waals surface area contributed by atoms with Crippen LogP contribution in [0.3, 0.4) is 0 Å². The summed E-state index contributed by atoms with van der Waals surface area (Å²) in [5, 5.41) is 3.02. The number of hydrogen-bond donors (Lipinski definition) is 3. The molecular formula is C18H19BrFN3O. The highest BCUT2D eigenvalue weighted by molar-refractivity contribution is 9.10. The number of benzene rings is 2. The molecule has 1 aliphatic rings. The largest absolute Gasteiger partial charge is 0.349 e. The highest BCUT2D eigenvalue weighted by Crippen LogP contribution is 2.27. The molecule has 126 valence electrons. The molecule has 3 atom stereocenters. The average molecular weight is 392 g/mol. The summed E-state index contributed by atoms with van der Waals surface area (Å²) in [6.07, 6.45) is 0. The molecule has 0 radical (unpaired) electrons. The Bertz CT molecular complexity index is 722. The normalized spacial score (nSPS) is 21.5. The monoisotopic (exact) mass is 391 g/mol. The lowest BCUT2D eigenvalue weighted by atomic mass is 9.93. The smallest absolute Gasteiger partial charge is 0.226 e. The first kappa shape index (κ1) is 17.1. The predicted molar refractivity (Wildman–Crippen MR) is 94.5 cm³/mol. The Kier molecular flexibility index (Phi) is 5.28. The van der Waals surface area contributed by atoms with Crippen LogP contribution in [0.5, 0.6) is 0 Å². The lowest BCUT2D eigenvalue weighted by Crippen LogP contribution is -2.36. The first-order chi connectivity index (χ1) is 11.5. The number of carbonyl (C=O) groups is 1. The van der Waals surface area contributed by atoms with Crippen molar-refractivity contribution in [3.8, 4) is 0 Å². The Morgan fingerprint density at radius 3 is 2.75 bits per heavy atom. The van der Waals surface area contributed by atoms with Gasteiger partial charge in [-0.3, -0.25) is 10.2 Å². The van der Waals surface area contributed by atoms with Crippen LogP contribution in [-0.4, -0.2) is 12.5 Å². The van der Waals surface area contributed by atoms with Gasteiger partial charge in [0.05, 0.1) is 18.0 Å². The van der Waals surface area contributed by atoms with Gasteiger partial charge in [-0.05, 0) is 42.3 Å². The highest BCUT2D eigenvalue weighted by Gasteiger charge is 2.34. The molecule has 0 bridgehead atoms. The van der Waals surface area contributed by atoms with Crippen LogP contribution in [0.25, 0.3) is 0 Å². The zero-order chi connectivity index (χ0) is 17.1. The number of halogens is 2. The van der Waals surface area contributed by atoms with Crippen molar-refractivity contribution < 1.29 is 9.18 Å². The molecular weight excluding hydrogens is 373 g/mol. The molecule has 0 aliphatic carbocycles. The molecule has 4 nitrogen and oxygen atoms in total. The van der Waals surface area contributed by atoms with Gasteiger partial charge in [0.2, 0.25) is 5.91 Å². The number of nitrogens with one attached hydrogen (secondary N) is 3. The second kappa shape index (κ2) is 7.42. The maximum Gasteiger partial charge on any atom is 0.226 e. The fourth-order valence-corrected chi connectivity index (χ4v) is 3.33. The van der Waals surface area contributed by atoms with E-state index >= 15 is 0 Å². The van der Waals surface area contributed by atoms with E-state index in [1.54, 1.807) is 12.1 Å². The molecule has 1 amide bonds. The van der Waals surface area contributed by atoms with Gasteiger partial charge in [-0.1, -0.05) is 40.2 Å². The van der Waals surface area contributed by atoms with Crippen LogP contribution < -0.4 is 16.2 Å². The van der Waals surface area contributed by atoms with Crippen LogP contribution in [0, 0.1) is 11.7 Å². The summed E-state index contributed by atoms with van der Waals surface area (Å²) in [5.74, 6) is -0.535. The second-order valence-electron chi connectivity index (χ2n) is 5.95. The van der Waals surface area contributed by atoms with E-state index < -0.39 is 0 Å². The fraction of sp³-hybridized carbons (Fsp3) is 0.278. The van der Waals surface area contributed by atoms with Gasteiger partial charge in [-0.25, -0.2) is 9.82 Å². The van der Waals surface area contributed by atoms with Crippen LogP contribution in [0.4, 0.5) is 4.39 Å². The molecule has 1 fully saturated rings. The summed E-state index contributed by atoms with van der Waals surface area (Å²) in [4.78, 5) is 12.7. The van der Waals surface area contributed by atoms with E-state index in [-0.39, 0.29) is 29.7 Å². The molecule has 0 aromatic heterocycles. The molecule has 0 saturated carbocycles. The number of hydrogen-bond acceptors (Lipinski definition) is 3. The fourth-order valence-electron chi connectivity index (χ4n) is 2.91. The minimum Gasteiger partial charge on any atom is -0.349 e. The molecule has 0 spiro atoms. The average Bonchev–Trinajstić information content (AvgIpc) is 3.05. The SMILES string of the molecule is CC(NC(=O)C1CNNC1c1cccc(Br)c1)c1ccc(F)cc1. The van der Waals surface area contributed by atoms with Crippen molar-refractivity contribution in [1.29, 1.82) is 0 Å².